The lowest BCUT2D eigenvalue weighted by atomic mass is 9.83. The molecular weight excluding hydrogens is 590 g/mol. The van der Waals surface area contributed by atoms with Crippen molar-refractivity contribution < 1.29 is 40.7 Å². The number of aliphatic imine (C=N–C) groups is 1. The van der Waals surface area contributed by atoms with Gasteiger partial charge in [-0.3, -0.25) is 14.4 Å². The van der Waals surface area contributed by atoms with Crippen LogP contribution in [0.2, 0.25) is 5.02 Å². The zero-order valence-corrected chi connectivity index (χ0v) is 23.4. The van der Waals surface area contributed by atoms with Gasteiger partial charge in [0.1, 0.15) is 0 Å². The maximum Gasteiger partial charge on any atom is 0.389 e. The Morgan fingerprint density at radius 3 is 2.26 bits per heavy atom. The molecule has 42 heavy (non-hydrogen) atoms. The molecule has 0 radical (unpaired) electrons. The highest BCUT2D eigenvalue weighted by atomic mass is 35.5. The largest absolute Gasteiger partial charge is 0.389 e. The van der Waals surface area contributed by atoms with Crippen molar-refractivity contribution in [3.63, 3.8) is 0 Å². The van der Waals surface area contributed by atoms with Gasteiger partial charge in [0.25, 0.3) is 5.91 Å². The van der Waals surface area contributed by atoms with E-state index in [1.807, 2.05) is 19.9 Å². The number of hydrogen-bond acceptors (Lipinski definition) is 4. The summed E-state index contributed by atoms with van der Waals surface area (Å²) >= 11 is 6.34. The minimum atomic E-state index is -4.71. The van der Waals surface area contributed by atoms with Crippen LogP contribution < -0.4 is 16.4 Å². The summed E-state index contributed by atoms with van der Waals surface area (Å²) in [6.45, 7) is 3.74. The van der Waals surface area contributed by atoms with Gasteiger partial charge in [-0.1, -0.05) is 35.9 Å². The van der Waals surface area contributed by atoms with Crippen molar-refractivity contribution in [1.29, 1.82) is 0 Å². The average molecular weight is 619 g/mol. The van der Waals surface area contributed by atoms with Crippen LogP contribution in [0.25, 0.3) is 0 Å². The van der Waals surface area contributed by atoms with Crippen LogP contribution in [-0.2, 0) is 14.4 Å². The highest BCUT2D eigenvalue weighted by Crippen LogP contribution is 2.33. The predicted molar refractivity (Wildman–Crippen MR) is 145 cm³/mol. The van der Waals surface area contributed by atoms with E-state index in [4.69, 9.17) is 17.3 Å². The molecule has 0 bridgehead atoms. The number of primary amides is 1. The van der Waals surface area contributed by atoms with E-state index in [0.717, 1.165) is 11.1 Å². The number of carbonyl (C=O) groups excluding carboxylic acids is 3. The van der Waals surface area contributed by atoms with Crippen LogP contribution in [0, 0.1) is 25.7 Å². The van der Waals surface area contributed by atoms with E-state index in [2.05, 4.69) is 15.6 Å². The summed E-state index contributed by atoms with van der Waals surface area (Å²) in [6, 6.07) is 10.1. The Morgan fingerprint density at radius 1 is 1.00 bits per heavy atom. The number of anilines is 1. The second kappa shape index (κ2) is 13.1. The van der Waals surface area contributed by atoms with Crippen molar-refractivity contribution in [2.45, 2.75) is 64.5 Å². The summed E-state index contributed by atoms with van der Waals surface area (Å²) in [4.78, 5) is 43.2. The van der Waals surface area contributed by atoms with Gasteiger partial charge in [-0.2, -0.15) is 26.3 Å². The summed E-state index contributed by atoms with van der Waals surface area (Å²) < 4.78 is 77.4. The van der Waals surface area contributed by atoms with Crippen LogP contribution in [0.5, 0.6) is 0 Å². The third kappa shape index (κ3) is 8.70. The molecule has 0 aliphatic carbocycles. The minimum Gasteiger partial charge on any atom is -0.369 e. The van der Waals surface area contributed by atoms with Gasteiger partial charge in [-0.15, -0.1) is 0 Å². The molecule has 228 valence electrons. The summed E-state index contributed by atoms with van der Waals surface area (Å²) in [7, 11) is 0. The number of benzene rings is 2. The molecule has 7 nitrogen and oxygen atoms in total. The molecule has 1 aliphatic heterocycles. The number of carbonyl (C=O) groups is 3. The molecule has 2 aromatic carbocycles. The number of amides is 3. The summed E-state index contributed by atoms with van der Waals surface area (Å²) in [5.74, 6) is -6.71. The lowest BCUT2D eigenvalue weighted by Crippen LogP contribution is -2.48. The number of fused-ring (bicyclic) bond motifs is 1. The summed E-state index contributed by atoms with van der Waals surface area (Å²) in [6.07, 6.45) is -16.0. The van der Waals surface area contributed by atoms with Gasteiger partial charge >= 0.3 is 12.4 Å². The molecule has 3 amide bonds. The maximum atomic E-state index is 13.4. The highest BCUT2D eigenvalue weighted by Gasteiger charge is 2.39. The quantitative estimate of drug-likeness (QED) is 0.285. The van der Waals surface area contributed by atoms with Crippen molar-refractivity contribution in [3.05, 3.63) is 63.7 Å². The Kier molecular flexibility index (Phi) is 10.3. The van der Waals surface area contributed by atoms with Gasteiger partial charge in [0, 0.05) is 35.8 Å². The summed E-state index contributed by atoms with van der Waals surface area (Å²) in [5, 5.41) is 5.06. The normalized spacial score (nSPS) is 16.9. The van der Waals surface area contributed by atoms with E-state index in [-0.39, 0.29) is 16.4 Å². The molecule has 0 saturated carbocycles. The first-order valence-electron chi connectivity index (χ1n) is 12.9. The number of halogens is 7. The van der Waals surface area contributed by atoms with E-state index >= 15 is 0 Å². The number of alkyl halides is 6. The standard InChI is InChI=1S/C28H29ClF6N4O3/c1-14-8-9-16(13-15(14)2)21-19-5-3-7-20(29)22(19)38-26(42)24(37-21)39-25(41)18(6-4-11-27(30,31)32)17(23(36)40)10-12-28(33,34)35/h3,5,7-9,13,17-18,24H,4,6,10-12H2,1-2H3,(H2,36,40)(H,38,42)(H,39,41)/t17-,18+,24?/m1/s1. The van der Waals surface area contributed by atoms with Crippen molar-refractivity contribution in [2.24, 2.45) is 22.6 Å². The van der Waals surface area contributed by atoms with Crippen molar-refractivity contribution in [2.75, 3.05) is 5.32 Å². The number of nitrogens with two attached hydrogens (primary N) is 1. The van der Waals surface area contributed by atoms with Crippen molar-refractivity contribution in [3.8, 4) is 0 Å². The molecule has 1 aliphatic rings. The van der Waals surface area contributed by atoms with Gasteiger partial charge in [-0.05, 0) is 56.4 Å². The Labute approximate surface area is 242 Å². The van der Waals surface area contributed by atoms with Crippen LogP contribution >= 0.6 is 11.6 Å². The van der Waals surface area contributed by atoms with Crippen LogP contribution in [-0.4, -0.2) is 42.0 Å². The van der Waals surface area contributed by atoms with E-state index in [1.54, 1.807) is 24.3 Å². The zero-order valence-electron chi connectivity index (χ0n) is 22.6. The van der Waals surface area contributed by atoms with E-state index < -0.39 is 80.2 Å². The number of nitrogens with one attached hydrogen (secondary N) is 2. The maximum absolute atomic E-state index is 13.4. The fourth-order valence-electron chi connectivity index (χ4n) is 4.65. The molecule has 4 N–H and O–H groups in total. The highest BCUT2D eigenvalue weighted by molar-refractivity contribution is 6.36. The van der Waals surface area contributed by atoms with Gasteiger partial charge < -0.3 is 16.4 Å². The Hall–Kier alpha value is -3.61. The molecule has 14 heteroatoms. The Bertz CT molecular complexity index is 1380. The molecule has 0 spiro atoms. The van der Waals surface area contributed by atoms with Gasteiger partial charge in [0.05, 0.1) is 16.4 Å². The predicted octanol–water partition coefficient (Wildman–Crippen LogP) is 5.98. The first-order chi connectivity index (χ1) is 19.5. The molecule has 0 saturated heterocycles. The number of aryl methyl sites for hydroxylation is 2. The smallest absolute Gasteiger partial charge is 0.369 e. The monoisotopic (exact) mass is 618 g/mol. The van der Waals surface area contributed by atoms with Crippen molar-refractivity contribution in [1.82, 2.24) is 5.32 Å². The first kappa shape index (κ1) is 32.9. The second-order valence-corrected chi connectivity index (χ2v) is 10.5. The minimum absolute atomic E-state index is 0.162. The molecule has 0 aromatic heterocycles. The van der Waals surface area contributed by atoms with E-state index in [1.165, 1.54) is 6.07 Å². The van der Waals surface area contributed by atoms with Crippen LogP contribution in [0.3, 0.4) is 0 Å². The molecule has 1 heterocycles. The topological polar surface area (TPSA) is 114 Å². The molecule has 1 unspecified atom stereocenters. The van der Waals surface area contributed by atoms with Gasteiger partial charge in [0.2, 0.25) is 18.0 Å². The third-order valence-electron chi connectivity index (χ3n) is 6.98. The van der Waals surface area contributed by atoms with Gasteiger partial charge in [-0.25, -0.2) is 4.99 Å². The lowest BCUT2D eigenvalue weighted by Gasteiger charge is -2.26. The lowest BCUT2D eigenvalue weighted by molar-refractivity contribution is -0.147. The molecule has 0 fully saturated rings. The SMILES string of the molecule is Cc1ccc(C2=NC(NC(=O)[C@@H](CCCC(F)(F)F)[C@@H](CCC(F)(F)F)C(N)=O)C(=O)Nc3c(Cl)cccc32)cc1C. The fraction of sp³-hybridized carbons (Fsp3) is 0.429. The zero-order chi connectivity index (χ0) is 31.4. The van der Waals surface area contributed by atoms with E-state index in [0.29, 0.717) is 11.1 Å². The van der Waals surface area contributed by atoms with Gasteiger partial charge in [0.15, 0.2) is 0 Å². The van der Waals surface area contributed by atoms with E-state index in [9.17, 15) is 40.7 Å². The number of rotatable bonds is 10. The number of para-hydroxylation sites is 1. The Morgan fingerprint density at radius 2 is 1.67 bits per heavy atom. The Balaban J connectivity index is 2.02. The van der Waals surface area contributed by atoms with Crippen molar-refractivity contribution >= 4 is 40.7 Å². The van der Waals surface area contributed by atoms with Crippen LogP contribution in [0.15, 0.2) is 41.4 Å². The fourth-order valence-corrected chi connectivity index (χ4v) is 4.88. The molecular formula is C28H29ClF6N4O3. The second-order valence-electron chi connectivity index (χ2n) is 10.1. The molecule has 2 aromatic rings. The number of benzodiazepines with no additional fused rings is 1. The first-order valence-corrected chi connectivity index (χ1v) is 13.3. The number of hydrogen-bond donors (Lipinski definition) is 3. The summed E-state index contributed by atoms with van der Waals surface area (Å²) in [5.41, 5.74) is 8.59. The molecule has 3 atom stereocenters. The van der Waals surface area contributed by atoms with Crippen LogP contribution in [0.4, 0.5) is 32.0 Å². The van der Waals surface area contributed by atoms with Crippen LogP contribution in [0.1, 0.15) is 54.4 Å². The molecule has 3 rings (SSSR count). The third-order valence-corrected chi connectivity index (χ3v) is 7.30. The average Bonchev–Trinajstić information content (AvgIpc) is 3.00. The number of nitrogens with zero attached hydrogens (tertiary/aromatic N) is 1.